The molecule has 0 radical (unpaired) electrons. The molecular formula is C24H21F5N2O6. The molecule has 1 aromatic heterocycles. The average molecular weight is 528 g/mol. The number of nitrogens with zero attached hydrogens (tertiary/aromatic N) is 1. The van der Waals surface area contributed by atoms with Crippen molar-refractivity contribution in [3.63, 3.8) is 0 Å². The fraction of sp³-hybridized carbons (Fsp3) is 0.292. The van der Waals surface area contributed by atoms with Gasteiger partial charge in [0.2, 0.25) is 5.91 Å². The lowest BCUT2D eigenvalue weighted by atomic mass is 10.0. The third kappa shape index (κ3) is 6.16. The highest BCUT2D eigenvalue weighted by atomic mass is 19.4. The minimum atomic E-state index is -4.94. The molecule has 0 unspecified atom stereocenters. The van der Waals surface area contributed by atoms with Crippen LogP contribution in [-0.2, 0) is 16.0 Å². The van der Waals surface area contributed by atoms with Crippen LogP contribution in [-0.4, -0.2) is 45.0 Å². The van der Waals surface area contributed by atoms with Crippen LogP contribution in [0.5, 0.6) is 11.5 Å². The Balaban J connectivity index is 1.99. The standard InChI is InChI=1S/C24H21F5N2O6/c1-11(9-19(33)34)30-18(32)8-7-15-12(2)31(17-10-16(25)22(35)21(26)20(15)17)23(36)13-3-5-14(6-4-13)37-24(27,28)29/h3-6,10-11,35H,7-9H2,1-2H3,(H,30,32)(H,33,34)/t11-/m0/s1. The zero-order chi connectivity index (χ0) is 27.7. The second-order valence-electron chi connectivity index (χ2n) is 8.26. The van der Waals surface area contributed by atoms with E-state index in [1.807, 2.05) is 0 Å². The first kappa shape index (κ1) is 27.4. The van der Waals surface area contributed by atoms with Crippen molar-refractivity contribution in [2.24, 2.45) is 0 Å². The molecule has 198 valence electrons. The fourth-order valence-electron chi connectivity index (χ4n) is 3.95. The second kappa shape index (κ2) is 10.4. The van der Waals surface area contributed by atoms with E-state index in [0.29, 0.717) is 0 Å². The van der Waals surface area contributed by atoms with Gasteiger partial charge in [-0.15, -0.1) is 13.2 Å². The molecule has 0 aliphatic rings. The largest absolute Gasteiger partial charge is 0.573 e. The van der Waals surface area contributed by atoms with E-state index in [2.05, 4.69) is 10.1 Å². The van der Waals surface area contributed by atoms with Gasteiger partial charge in [0.1, 0.15) is 5.75 Å². The summed E-state index contributed by atoms with van der Waals surface area (Å²) in [5.74, 6) is -7.09. The number of phenolic OH excluding ortho intramolecular Hbond substituents is 1. The topological polar surface area (TPSA) is 118 Å². The Morgan fingerprint density at radius 1 is 1.14 bits per heavy atom. The van der Waals surface area contributed by atoms with Crippen molar-refractivity contribution in [2.45, 2.75) is 45.5 Å². The molecule has 3 aromatic rings. The van der Waals surface area contributed by atoms with Gasteiger partial charge in [0.05, 0.1) is 11.9 Å². The van der Waals surface area contributed by atoms with Gasteiger partial charge in [0.25, 0.3) is 5.91 Å². The summed E-state index contributed by atoms with van der Waals surface area (Å²) >= 11 is 0. The van der Waals surface area contributed by atoms with Gasteiger partial charge in [-0.3, -0.25) is 19.0 Å². The number of carboxylic acids is 1. The Kier molecular flexibility index (Phi) is 7.74. The molecule has 3 rings (SSSR count). The Morgan fingerprint density at radius 3 is 2.32 bits per heavy atom. The number of aromatic nitrogens is 1. The van der Waals surface area contributed by atoms with Crippen LogP contribution >= 0.6 is 0 Å². The van der Waals surface area contributed by atoms with Crippen molar-refractivity contribution < 1.29 is 51.3 Å². The average Bonchev–Trinajstić information content (AvgIpc) is 3.05. The summed E-state index contributed by atoms with van der Waals surface area (Å²) in [6.45, 7) is 2.88. The Hall–Kier alpha value is -4.16. The maximum Gasteiger partial charge on any atom is 0.573 e. The van der Waals surface area contributed by atoms with E-state index >= 15 is 0 Å². The molecule has 0 saturated carbocycles. The van der Waals surface area contributed by atoms with Gasteiger partial charge in [-0.2, -0.15) is 0 Å². The van der Waals surface area contributed by atoms with Crippen LogP contribution in [0, 0.1) is 18.6 Å². The molecule has 0 aliphatic carbocycles. The van der Waals surface area contributed by atoms with Crippen molar-refractivity contribution in [3.8, 4) is 11.5 Å². The van der Waals surface area contributed by atoms with Gasteiger partial charge in [-0.1, -0.05) is 0 Å². The number of aryl methyl sites for hydroxylation is 1. The summed E-state index contributed by atoms with van der Waals surface area (Å²) in [6, 6.07) is 3.93. The van der Waals surface area contributed by atoms with Crippen LogP contribution in [0.25, 0.3) is 10.9 Å². The molecule has 2 aromatic carbocycles. The van der Waals surface area contributed by atoms with Crippen LogP contribution in [0.3, 0.4) is 0 Å². The number of hydrogen-bond donors (Lipinski definition) is 3. The molecule has 0 aliphatic heterocycles. The minimum Gasteiger partial charge on any atom is -0.503 e. The molecule has 0 bridgehead atoms. The number of nitrogens with one attached hydrogen (secondary N) is 1. The third-order valence-corrected chi connectivity index (χ3v) is 5.52. The fourth-order valence-corrected chi connectivity index (χ4v) is 3.95. The van der Waals surface area contributed by atoms with Crippen LogP contribution in [0.15, 0.2) is 30.3 Å². The highest BCUT2D eigenvalue weighted by Crippen LogP contribution is 2.36. The Bertz CT molecular complexity index is 1370. The van der Waals surface area contributed by atoms with Crippen molar-refractivity contribution >= 4 is 28.7 Å². The number of amides is 1. The van der Waals surface area contributed by atoms with E-state index in [9.17, 15) is 41.4 Å². The third-order valence-electron chi connectivity index (χ3n) is 5.52. The van der Waals surface area contributed by atoms with Crippen molar-refractivity contribution in [1.29, 1.82) is 0 Å². The van der Waals surface area contributed by atoms with Gasteiger partial charge in [-0.05, 0) is 50.1 Å². The predicted molar refractivity (Wildman–Crippen MR) is 119 cm³/mol. The van der Waals surface area contributed by atoms with Crippen LogP contribution in [0.2, 0.25) is 0 Å². The van der Waals surface area contributed by atoms with Crippen molar-refractivity contribution in [2.75, 3.05) is 0 Å². The summed E-state index contributed by atoms with van der Waals surface area (Å²) in [5, 5.41) is 20.8. The van der Waals surface area contributed by atoms with Gasteiger partial charge in [0, 0.05) is 35.2 Å². The maximum atomic E-state index is 15.0. The number of rotatable bonds is 8. The molecule has 1 heterocycles. The second-order valence-corrected chi connectivity index (χ2v) is 8.26. The van der Waals surface area contributed by atoms with E-state index < -0.39 is 53.3 Å². The number of alkyl halides is 3. The first-order valence-corrected chi connectivity index (χ1v) is 10.8. The van der Waals surface area contributed by atoms with Crippen molar-refractivity contribution in [3.05, 3.63) is 58.8 Å². The number of halogens is 5. The first-order valence-electron chi connectivity index (χ1n) is 10.8. The number of carbonyl (C=O) groups excluding carboxylic acids is 2. The molecule has 13 heteroatoms. The summed E-state index contributed by atoms with van der Waals surface area (Å²) in [5.41, 5.74) is -0.184. The van der Waals surface area contributed by atoms with E-state index in [-0.39, 0.29) is 47.0 Å². The number of benzene rings is 2. The maximum absolute atomic E-state index is 15.0. The molecule has 3 N–H and O–H groups in total. The summed E-state index contributed by atoms with van der Waals surface area (Å²) in [6.07, 6.45) is -5.68. The van der Waals surface area contributed by atoms with Crippen LogP contribution in [0.4, 0.5) is 22.0 Å². The zero-order valence-electron chi connectivity index (χ0n) is 19.4. The molecule has 1 amide bonds. The molecule has 0 fully saturated rings. The number of phenols is 1. The van der Waals surface area contributed by atoms with E-state index in [0.717, 1.165) is 34.9 Å². The van der Waals surface area contributed by atoms with Crippen molar-refractivity contribution in [1.82, 2.24) is 9.88 Å². The number of hydrogen-bond acceptors (Lipinski definition) is 5. The number of aliphatic carboxylic acids is 1. The molecular weight excluding hydrogens is 507 g/mol. The number of ether oxygens (including phenoxy) is 1. The van der Waals surface area contributed by atoms with Gasteiger partial charge < -0.3 is 20.3 Å². The molecule has 0 spiro atoms. The lowest BCUT2D eigenvalue weighted by Gasteiger charge is -2.12. The summed E-state index contributed by atoms with van der Waals surface area (Å²) in [4.78, 5) is 36.3. The highest BCUT2D eigenvalue weighted by molar-refractivity contribution is 6.04. The Morgan fingerprint density at radius 2 is 1.76 bits per heavy atom. The monoisotopic (exact) mass is 528 g/mol. The normalized spacial score (nSPS) is 12.4. The number of aromatic hydroxyl groups is 1. The zero-order valence-corrected chi connectivity index (χ0v) is 19.4. The van der Waals surface area contributed by atoms with E-state index in [1.165, 1.54) is 13.8 Å². The van der Waals surface area contributed by atoms with E-state index in [1.54, 1.807) is 0 Å². The lowest BCUT2D eigenvalue weighted by Crippen LogP contribution is -2.34. The molecule has 37 heavy (non-hydrogen) atoms. The number of carbonyl (C=O) groups is 3. The predicted octanol–water partition coefficient (Wildman–Crippen LogP) is 4.43. The van der Waals surface area contributed by atoms with Gasteiger partial charge in [0.15, 0.2) is 17.4 Å². The SMILES string of the molecule is Cc1c(CCC(=O)N[C@@H](C)CC(=O)O)c2c(F)c(O)c(F)cc2n1C(=O)c1ccc(OC(F)(F)F)cc1. The number of fused-ring (bicyclic) bond motifs is 1. The Labute approximate surface area is 206 Å². The lowest BCUT2D eigenvalue weighted by molar-refractivity contribution is -0.274. The van der Waals surface area contributed by atoms with Crippen LogP contribution in [0.1, 0.15) is 41.4 Å². The smallest absolute Gasteiger partial charge is 0.503 e. The van der Waals surface area contributed by atoms with Crippen LogP contribution < -0.4 is 10.1 Å². The summed E-state index contributed by atoms with van der Waals surface area (Å²) < 4.78 is 71.1. The van der Waals surface area contributed by atoms with Gasteiger partial charge in [-0.25, -0.2) is 8.78 Å². The summed E-state index contributed by atoms with van der Waals surface area (Å²) in [7, 11) is 0. The van der Waals surface area contributed by atoms with E-state index in [4.69, 9.17) is 5.11 Å². The highest BCUT2D eigenvalue weighted by Gasteiger charge is 2.31. The molecule has 8 nitrogen and oxygen atoms in total. The number of carboxylic acid groups (broad SMARTS) is 1. The van der Waals surface area contributed by atoms with Gasteiger partial charge >= 0.3 is 12.3 Å². The molecule has 1 atom stereocenters. The first-order chi connectivity index (χ1) is 17.2. The quantitative estimate of drug-likeness (QED) is 0.373. The molecule has 0 saturated heterocycles. The minimum absolute atomic E-state index is 0.103.